The molecule has 2 saturated heterocycles. The van der Waals surface area contributed by atoms with Crippen LogP contribution in [0.2, 0.25) is 0 Å². The van der Waals surface area contributed by atoms with Gasteiger partial charge in [0.15, 0.2) is 0 Å². The molecule has 0 atom stereocenters. The number of hydrogen-bond acceptors (Lipinski definition) is 3. The summed E-state index contributed by atoms with van der Waals surface area (Å²) < 4.78 is 5.54. The van der Waals surface area contributed by atoms with E-state index >= 15 is 0 Å². The van der Waals surface area contributed by atoms with Crippen molar-refractivity contribution in [2.45, 2.75) is 76.2 Å². The highest BCUT2D eigenvalue weighted by Gasteiger charge is 2.50. The summed E-state index contributed by atoms with van der Waals surface area (Å²) in [5.41, 5.74) is 1.18. The second-order valence-corrected chi connectivity index (χ2v) is 10.0. The largest absolute Gasteiger partial charge is 0.381 e. The molecule has 3 heteroatoms. The zero-order chi connectivity index (χ0) is 17.3. The lowest BCUT2D eigenvalue weighted by atomic mass is 9.62. The zero-order valence-corrected chi connectivity index (χ0v) is 16.8. The lowest BCUT2D eigenvalue weighted by Gasteiger charge is -2.52. The summed E-state index contributed by atoms with van der Waals surface area (Å²) in [6, 6.07) is 0. The Morgan fingerprint density at radius 1 is 0.920 bits per heavy atom. The van der Waals surface area contributed by atoms with Crippen LogP contribution in [-0.2, 0) is 4.74 Å². The number of nitrogens with zero attached hydrogens (tertiary/aromatic N) is 2. The van der Waals surface area contributed by atoms with Gasteiger partial charge < -0.3 is 14.5 Å². The lowest BCUT2D eigenvalue weighted by molar-refractivity contribution is -0.00355. The summed E-state index contributed by atoms with van der Waals surface area (Å²) in [6.45, 7) is 6.08. The predicted molar refractivity (Wildman–Crippen MR) is 104 cm³/mol. The third kappa shape index (κ3) is 3.66. The van der Waals surface area contributed by atoms with Gasteiger partial charge >= 0.3 is 0 Å². The molecule has 0 aromatic rings. The summed E-state index contributed by atoms with van der Waals surface area (Å²) in [5.74, 6) is 1.87. The molecule has 25 heavy (non-hydrogen) atoms. The van der Waals surface area contributed by atoms with Gasteiger partial charge in [-0.2, -0.15) is 0 Å². The van der Waals surface area contributed by atoms with E-state index in [-0.39, 0.29) is 0 Å². The van der Waals surface area contributed by atoms with Crippen LogP contribution in [0.25, 0.3) is 0 Å². The van der Waals surface area contributed by atoms with E-state index in [0.29, 0.717) is 11.0 Å². The van der Waals surface area contributed by atoms with Crippen molar-refractivity contribution in [1.82, 2.24) is 9.80 Å². The van der Waals surface area contributed by atoms with Crippen molar-refractivity contribution in [1.29, 1.82) is 0 Å². The first-order chi connectivity index (χ1) is 12.1. The van der Waals surface area contributed by atoms with E-state index in [1.54, 1.807) is 0 Å². The van der Waals surface area contributed by atoms with Crippen molar-refractivity contribution in [3.63, 3.8) is 0 Å². The third-order valence-corrected chi connectivity index (χ3v) is 8.56. The van der Waals surface area contributed by atoms with Crippen molar-refractivity contribution in [3.05, 3.63) is 0 Å². The summed E-state index contributed by atoms with van der Waals surface area (Å²) >= 11 is 0. The first kappa shape index (κ1) is 18.3. The Balaban J connectivity index is 1.34. The monoisotopic (exact) mass is 348 g/mol. The number of likely N-dealkylation sites (tertiary alicyclic amines) is 1. The van der Waals surface area contributed by atoms with Gasteiger partial charge in [0.2, 0.25) is 0 Å². The first-order valence-corrected chi connectivity index (χ1v) is 11.1. The highest BCUT2D eigenvalue weighted by Crippen LogP contribution is 2.53. The van der Waals surface area contributed by atoms with Crippen LogP contribution in [0.4, 0.5) is 0 Å². The maximum absolute atomic E-state index is 5.54. The summed E-state index contributed by atoms with van der Waals surface area (Å²) in [5, 5.41) is 0. The Morgan fingerprint density at radius 3 is 2.24 bits per heavy atom. The maximum atomic E-state index is 5.54. The van der Waals surface area contributed by atoms with Crippen LogP contribution in [-0.4, -0.2) is 62.3 Å². The molecule has 0 aromatic heterocycles. The quantitative estimate of drug-likeness (QED) is 0.758. The number of hydrogen-bond donors (Lipinski definition) is 0. The Bertz CT molecular complexity index is 429. The predicted octanol–water partition coefficient (Wildman–Crippen LogP) is 4.17. The van der Waals surface area contributed by atoms with Crippen LogP contribution in [0.5, 0.6) is 0 Å². The molecule has 2 aliphatic heterocycles. The van der Waals surface area contributed by atoms with Gasteiger partial charge in [-0.1, -0.05) is 12.8 Å². The van der Waals surface area contributed by atoms with Crippen molar-refractivity contribution in [2.24, 2.45) is 17.3 Å². The molecule has 2 saturated carbocycles. The average Bonchev–Trinajstić information content (AvgIpc) is 3.28. The van der Waals surface area contributed by atoms with Gasteiger partial charge in [0.25, 0.3) is 0 Å². The molecule has 4 fully saturated rings. The fourth-order valence-electron chi connectivity index (χ4n) is 6.78. The van der Waals surface area contributed by atoms with Gasteiger partial charge in [0, 0.05) is 31.8 Å². The smallest absolute Gasteiger partial charge is 0.0469 e. The minimum atomic E-state index is 0.524. The molecule has 144 valence electrons. The van der Waals surface area contributed by atoms with Crippen LogP contribution in [0.1, 0.15) is 70.6 Å². The molecule has 0 N–H and O–H groups in total. The van der Waals surface area contributed by atoms with Crippen LogP contribution in [0.15, 0.2) is 0 Å². The molecule has 4 rings (SSSR count). The SMILES string of the molecule is CN(C)C1(C2CCCC2)CCC2(CCN(CC3CCOCC3)C2)CC1. The van der Waals surface area contributed by atoms with Crippen molar-refractivity contribution >= 4 is 0 Å². The van der Waals surface area contributed by atoms with E-state index < -0.39 is 0 Å². The van der Waals surface area contributed by atoms with Gasteiger partial charge in [-0.15, -0.1) is 0 Å². The van der Waals surface area contributed by atoms with Gasteiger partial charge in [-0.3, -0.25) is 0 Å². The van der Waals surface area contributed by atoms with Crippen molar-refractivity contribution < 1.29 is 4.74 Å². The third-order valence-electron chi connectivity index (χ3n) is 8.56. The number of ether oxygens (including phenoxy) is 1. The molecular weight excluding hydrogens is 308 g/mol. The van der Waals surface area contributed by atoms with Gasteiger partial charge in [-0.25, -0.2) is 0 Å². The molecule has 2 aliphatic carbocycles. The Hall–Kier alpha value is -0.120. The minimum absolute atomic E-state index is 0.524. The molecule has 2 heterocycles. The van der Waals surface area contributed by atoms with Crippen LogP contribution >= 0.6 is 0 Å². The van der Waals surface area contributed by atoms with E-state index in [1.807, 2.05) is 0 Å². The summed E-state index contributed by atoms with van der Waals surface area (Å²) in [4.78, 5) is 5.44. The average molecular weight is 349 g/mol. The van der Waals surface area contributed by atoms with Crippen molar-refractivity contribution in [3.8, 4) is 0 Å². The van der Waals surface area contributed by atoms with Gasteiger partial charge in [0.05, 0.1) is 0 Å². The standard InChI is InChI=1S/C22H40N2O/c1-23(2)22(20-5-3-4-6-20)11-9-21(10-12-22)13-14-24(18-21)17-19-7-15-25-16-8-19/h19-20H,3-18H2,1-2H3. The Kier molecular flexibility index (Phi) is 5.46. The lowest BCUT2D eigenvalue weighted by Crippen LogP contribution is -2.54. The zero-order valence-electron chi connectivity index (χ0n) is 16.8. The van der Waals surface area contributed by atoms with Crippen LogP contribution < -0.4 is 0 Å². The molecule has 0 amide bonds. The number of rotatable bonds is 4. The van der Waals surface area contributed by atoms with Gasteiger partial charge in [0.1, 0.15) is 0 Å². The molecule has 0 aromatic carbocycles. The van der Waals surface area contributed by atoms with E-state index in [2.05, 4.69) is 23.9 Å². The highest BCUT2D eigenvalue weighted by molar-refractivity contribution is 5.05. The van der Waals surface area contributed by atoms with E-state index in [9.17, 15) is 0 Å². The summed E-state index contributed by atoms with van der Waals surface area (Å²) in [6.07, 6.45) is 15.8. The second kappa shape index (κ2) is 7.48. The summed E-state index contributed by atoms with van der Waals surface area (Å²) in [7, 11) is 4.73. The maximum Gasteiger partial charge on any atom is 0.0469 e. The molecule has 0 unspecified atom stereocenters. The fraction of sp³-hybridized carbons (Fsp3) is 1.00. The molecule has 1 spiro atoms. The molecule has 0 bridgehead atoms. The van der Waals surface area contributed by atoms with Crippen LogP contribution in [0, 0.1) is 17.3 Å². The van der Waals surface area contributed by atoms with E-state index in [4.69, 9.17) is 4.74 Å². The molecule has 3 nitrogen and oxygen atoms in total. The van der Waals surface area contributed by atoms with Crippen LogP contribution in [0.3, 0.4) is 0 Å². The molecule has 4 aliphatic rings. The van der Waals surface area contributed by atoms with E-state index in [0.717, 1.165) is 25.0 Å². The first-order valence-electron chi connectivity index (χ1n) is 11.1. The molecule has 0 radical (unpaired) electrons. The second-order valence-electron chi connectivity index (χ2n) is 10.0. The highest BCUT2D eigenvalue weighted by atomic mass is 16.5. The Morgan fingerprint density at radius 2 is 1.60 bits per heavy atom. The van der Waals surface area contributed by atoms with Gasteiger partial charge in [-0.05, 0) is 95.7 Å². The Labute approximate surface area is 155 Å². The van der Waals surface area contributed by atoms with E-state index in [1.165, 1.54) is 90.3 Å². The molecular formula is C22H40N2O. The normalized spacial score (nSPS) is 39.0. The fourth-order valence-corrected chi connectivity index (χ4v) is 6.78. The minimum Gasteiger partial charge on any atom is -0.381 e. The topological polar surface area (TPSA) is 15.7 Å². The van der Waals surface area contributed by atoms with Crippen molar-refractivity contribution in [2.75, 3.05) is 46.9 Å².